The molecule has 1 fully saturated rings. The van der Waals surface area contributed by atoms with E-state index in [-0.39, 0.29) is 5.75 Å². The van der Waals surface area contributed by atoms with E-state index >= 15 is 0 Å². The molecule has 1 N–H and O–H groups in total. The Morgan fingerprint density at radius 1 is 1.00 bits per heavy atom. The Morgan fingerprint density at radius 3 is 2.55 bits per heavy atom. The molecule has 0 unspecified atom stereocenters. The Kier molecular flexibility index (Phi) is 4.48. The minimum Gasteiger partial charge on any atom is -0.505 e. The van der Waals surface area contributed by atoms with Crippen molar-refractivity contribution in [1.29, 1.82) is 0 Å². The first kappa shape index (κ1) is 17.8. The van der Waals surface area contributed by atoms with Gasteiger partial charge in [-0.25, -0.2) is 9.37 Å². The van der Waals surface area contributed by atoms with Crippen LogP contribution in [-0.2, 0) is 11.2 Å². The van der Waals surface area contributed by atoms with Crippen molar-refractivity contribution in [1.82, 2.24) is 15.0 Å². The molecule has 5 rings (SSSR count). The number of benzene rings is 1. The van der Waals surface area contributed by atoms with Crippen molar-refractivity contribution in [2.45, 2.75) is 6.42 Å². The van der Waals surface area contributed by atoms with Gasteiger partial charge in [0.25, 0.3) is 0 Å². The molecule has 2 aromatic heterocycles. The summed E-state index contributed by atoms with van der Waals surface area (Å²) >= 11 is 0. The molecule has 0 aliphatic carbocycles. The summed E-state index contributed by atoms with van der Waals surface area (Å²) < 4.78 is 19.1. The summed E-state index contributed by atoms with van der Waals surface area (Å²) in [4.78, 5) is 18.1. The van der Waals surface area contributed by atoms with Gasteiger partial charge in [-0.2, -0.15) is 4.98 Å². The SMILES string of the molecule is Oc1cc(-c2nc(N3CCOCC3)nc3c2CCN3c2ccncc2)ccc1F. The van der Waals surface area contributed by atoms with Gasteiger partial charge in [0.2, 0.25) is 5.95 Å². The first-order chi connectivity index (χ1) is 14.2. The number of pyridine rings is 1. The molecule has 1 saturated heterocycles. The van der Waals surface area contributed by atoms with Crippen LogP contribution in [0.4, 0.5) is 21.8 Å². The van der Waals surface area contributed by atoms with Gasteiger partial charge in [-0.3, -0.25) is 4.98 Å². The number of phenolic OH excluding ortho intramolecular Hbond substituents is 1. The Hall–Kier alpha value is -3.26. The second kappa shape index (κ2) is 7.29. The maximum absolute atomic E-state index is 13.6. The zero-order valence-electron chi connectivity index (χ0n) is 15.8. The second-order valence-electron chi connectivity index (χ2n) is 7.05. The van der Waals surface area contributed by atoms with E-state index in [1.165, 1.54) is 12.1 Å². The fourth-order valence-electron chi connectivity index (χ4n) is 3.82. The number of nitrogens with zero attached hydrogens (tertiary/aromatic N) is 5. The van der Waals surface area contributed by atoms with Crippen LogP contribution in [0.1, 0.15) is 5.56 Å². The number of anilines is 3. The number of phenols is 1. The topological polar surface area (TPSA) is 74.6 Å². The number of ether oxygens (including phenoxy) is 1. The number of aromatic nitrogens is 3. The zero-order chi connectivity index (χ0) is 19.8. The maximum atomic E-state index is 13.6. The lowest BCUT2D eigenvalue weighted by molar-refractivity contribution is 0.122. The van der Waals surface area contributed by atoms with Gasteiger partial charge in [0.1, 0.15) is 5.82 Å². The van der Waals surface area contributed by atoms with Gasteiger partial charge in [0.15, 0.2) is 11.6 Å². The zero-order valence-corrected chi connectivity index (χ0v) is 15.8. The highest BCUT2D eigenvalue weighted by molar-refractivity contribution is 5.77. The van der Waals surface area contributed by atoms with Gasteiger partial charge >= 0.3 is 0 Å². The third kappa shape index (κ3) is 3.25. The Bertz CT molecular complexity index is 1040. The van der Waals surface area contributed by atoms with E-state index in [1.54, 1.807) is 18.5 Å². The standard InChI is InChI=1S/C21H20FN5O2/c22-17-2-1-14(13-18(17)28)19-16-5-8-27(15-3-6-23-7-4-15)20(16)25-21(24-19)26-9-11-29-12-10-26/h1-4,6-7,13,28H,5,8-12H2. The molecule has 0 saturated carbocycles. The lowest BCUT2D eigenvalue weighted by atomic mass is 10.0. The van der Waals surface area contributed by atoms with E-state index < -0.39 is 5.82 Å². The third-order valence-electron chi connectivity index (χ3n) is 5.30. The molecule has 0 bridgehead atoms. The van der Waals surface area contributed by atoms with E-state index in [0.717, 1.165) is 35.7 Å². The Labute approximate surface area is 167 Å². The van der Waals surface area contributed by atoms with Crippen LogP contribution in [0.2, 0.25) is 0 Å². The predicted molar refractivity (Wildman–Crippen MR) is 107 cm³/mol. The van der Waals surface area contributed by atoms with E-state index in [1.807, 2.05) is 12.1 Å². The number of hydrogen-bond donors (Lipinski definition) is 1. The molecule has 0 atom stereocenters. The minimum absolute atomic E-state index is 0.383. The molecule has 0 radical (unpaired) electrons. The molecule has 1 aromatic carbocycles. The molecule has 0 amide bonds. The number of aromatic hydroxyl groups is 1. The number of rotatable bonds is 3. The molecule has 3 aromatic rings. The number of morpholine rings is 1. The van der Waals surface area contributed by atoms with Crippen LogP contribution >= 0.6 is 0 Å². The summed E-state index contributed by atoms with van der Waals surface area (Å²) in [5, 5.41) is 9.90. The highest BCUT2D eigenvalue weighted by atomic mass is 19.1. The van der Waals surface area contributed by atoms with Crippen LogP contribution < -0.4 is 9.80 Å². The van der Waals surface area contributed by atoms with Crippen molar-refractivity contribution in [3.63, 3.8) is 0 Å². The van der Waals surface area contributed by atoms with Gasteiger partial charge in [0, 0.05) is 48.8 Å². The quantitative estimate of drug-likeness (QED) is 0.733. The molecule has 4 heterocycles. The molecule has 0 spiro atoms. The first-order valence-corrected chi connectivity index (χ1v) is 9.61. The first-order valence-electron chi connectivity index (χ1n) is 9.61. The molecule has 148 valence electrons. The van der Waals surface area contributed by atoms with Gasteiger partial charge in [0.05, 0.1) is 18.9 Å². The van der Waals surface area contributed by atoms with Crippen LogP contribution in [0.5, 0.6) is 5.75 Å². The maximum Gasteiger partial charge on any atom is 0.228 e. The Morgan fingerprint density at radius 2 is 1.79 bits per heavy atom. The van der Waals surface area contributed by atoms with Crippen LogP contribution in [-0.4, -0.2) is 52.9 Å². The van der Waals surface area contributed by atoms with Crippen molar-refractivity contribution >= 4 is 17.5 Å². The summed E-state index contributed by atoms with van der Waals surface area (Å²) in [7, 11) is 0. The molecular weight excluding hydrogens is 373 g/mol. The predicted octanol–water partition coefficient (Wildman–Crippen LogP) is 2.91. The average Bonchev–Trinajstić information content (AvgIpc) is 3.20. The van der Waals surface area contributed by atoms with Crippen molar-refractivity contribution in [3.8, 4) is 17.0 Å². The third-order valence-corrected chi connectivity index (χ3v) is 5.30. The average molecular weight is 393 g/mol. The lowest BCUT2D eigenvalue weighted by Crippen LogP contribution is -2.37. The van der Waals surface area contributed by atoms with E-state index in [4.69, 9.17) is 14.7 Å². The molecule has 29 heavy (non-hydrogen) atoms. The molecule has 2 aliphatic heterocycles. The van der Waals surface area contributed by atoms with Crippen molar-refractivity contribution in [2.75, 3.05) is 42.6 Å². The fourth-order valence-corrected chi connectivity index (χ4v) is 3.82. The second-order valence-corrected chi connectivity index (χ2v) is 7.05. The molecule has 7 nitrogen and oxygen atoms in total. The van der Waals surface area contributed by atoms with E-state index in [0.29, 0.717) is 37.8 Å². The summed E-state index contributed by atoms with van der Waals surface area (Å²) in [5.41, 5.74) is 3.40. The van der Waals surface area contributed by atoms with Crippen LogP contribution in [0.3, 0.4) is 0 Å². The van der Waals surface area contributed by atoms with Crippen LogP contribution in [0, 0.1) is 5.82 Å². The van der Waals surface area contributed by atoms with Crippen LogP contribution in [0.25, 0.3) is 11.3 Å². The van der Waals surface area contributed by atoms with Crippen LogP contribution in [0.15, 0.2) is 42.7 Å². The summed E-state index contributed by atoms with van der Waals surface area (Å²) in [6.07, 6.45) is 4.28. The summed E-state index contributed by atoms with van der Waals surface area (Å²) in [6.45, 7) is 3.44. The monoisotopic (exact) mass is 393 g/mol. The molecule has 2 aliphatic rings. The van der Waals surface area contributed by atoms with Crippen molar-refractivity contribution < 1.29 is 14.2 Å². The smallest absolute Gasteiger partial charge is 0.228 e. The van der Waals surface area contributed by atoms with Crippen molar-refractivity contribution in [2.24, 2.45) is 0 Å². The Balaban J connectivity index is 1.66. The molecule has 8 heteroatoms. The highest BCUT2D eigenvalue weighted by Crippen LogP contribution is 2.39. The summed E-state index contributed by atoms with van der Waals surface area (Å²) in [6, 6.07) is 8.25. The number of halogens is 1. The van der Waals surface area contributed by atoms with Gasteiger partial charge < -0.3 is 19.6 Å². The number of hydrogen-bond acceptors (Lipinski definition) is 7. The number of fused-ring (bicyclic) bond motifs is 1. The highest BCUT2D eigenvalue weighted by Gasteiger charge is 2.29. The van der Waals surface area contributed by atoms with E-state index in [9.17, 15) is 9.50 Å². The van der Waals surface area contributed by atoms with E-state index in [2.05, 4.69) is 14.8 Å². The minimum atomic E-state index is -0.647. The lowest BCUT2D eigenvalue weighted by Gasteiger charge is -2.28. The van der Waals surface area contributed by atoms with Crippen molar-refractivity contribution in [3.05, 3.63) is 54.1 Å². The molecular formula is C21H20FN5O2. The largest absolute Gasteiger partial charge is 0.505 e. The van der Waals surface area contributed by atoms with Gasteiger partial charge in [-0.05, 0) is 36.8 Å². The van der Waals surface area contributed by atoms with Gasteiger partial charge in [-0.15, -0.1) is 0 Å². The normalized spacial score (nSPS) is 16.2. The fraction of sp³-hybridized carbons (Fsp3) is 0.286. The van der Waals surface area contributed by atoms with Gasteiger partial charge in [-0.1, -0.05) is 0 Å². The summed E-state index contributed by atoms with van der Waals surface area (Å²) in [5.74, 6) is 0.427.